The second-order valence-corrected chi connectivity index (χ2v) is 11.9. The first kappa shape index (κ1) is 32.0. The van der Waals surface area contributed by atoms with Crippen LogP contribution in [0.1, 0.15) is 45.1 Å². The van der Waals surface area contributed by atoms with Crippen LogP contribution >= 0.6 is 34.8 Å². The molecule has 0 aromatic heterocycles. The van der Waals surface area contributed by atoms with Crippen LogP contribution in [0.4, 0.5) is 5.69 Å². The van der Waals surface area contributed by atoms with Crippen LogP contribution in [-0.4, -0.2) is 57.6 Å². The van der Waals surface area contributed by atoms with E-state index < -0.39 is 16.1 Å². The topological polar surface area (TPSA) is 96.0 Å². The fourth-order valence-corrected chi connectivity index (χ4v) is 5.51. The molecule has 2 aromatic carbocycles. The Morgan fingerprint density at radius 2 is 1.71 bits per heavy atom. The summed E-state index contributed by atoms with van der Waals surface area (Å²) in [5, 5.41) is 3.89. The normalized spacial score (nSPS) is 12.1. The third-order valence-corrected chi connectivity index (χ3v) is 8.16. The van der Waals surface area contributed by atoms with Crippen molar-refractivity contribution >= 4 is 62.3 Å². The Balaban J connectivity index is 2.22. The number of carbonyl (C=O) groups is 2. The van der Waals surface area contributed by atoms with Gasteiger partial charge in [-0.15, -0.1) is 0 Å². The van der Waals surface area contributed by atoms with Crippen LogP contribution in [0.25, 0.3) is 0 Å². The number of sulfonamides is 1. The average Bonchev–Trinajstić information content (AvgIpc) is 2.85. The molecule has 12 heteroatoms. The smallest absolute Gasteiger partial charge is 0.242 e. The number of hydrogen-bond donors (Lipinski definition) is 1. The van der Waals surface area contributed by atoms with Crippen molar-refractivity contribution in [3.63, 3.8) is 0 Å². The summed E-state index contributed by atoms with van der Waals surface area (Å²) >= 11 is 18.9. The minimum atomic E-state index is -3.66. The lowest BCUT2D eigenvalue weighted by Gasteiger charge is -2.30. The average molecular weight is 607 g/mol. The molecule has 0 spiro atoms. The molecular weight excluding hydrogens is 573 g/mol. The summed E-state index contributed by atoms with van der Waals surface area (Å²) in [5.74, 6) is -0.208. The highest BCUT2D eigenvalue weighted by Gasteiger charge is 2.28. The van der Waals surface area contributed by atoms with Gasteiger partial charge in [0.1, 0.15) is 11.8 Å². The van der Waals surface area contributed by atoms with Crippen molar-refractivity contribution in [2.45, 2.75) is 52.1 Å². The zero-order valence-electron chi connectivity index (χ0n) is 22.0. The minimum absolute atomic E-state index is 0.00937. The maximum Gasteiger partial charge on any atom is 0.242 e. The predicted octanol–water partition coefficient (Wildman–Crippen LogP) is 5.54. The Labute approximate surface area is 240 Å². The molecule has 0 unspecified atom stereocenters. The standard InChI is InChI=1S/C26H34Cl3N3O5S/c1-5-6-14-30-26(34)18(2)31(17-20-21(27)9-7-10-22(20)28)25(33)11-8-15-32(38(4,35)36)19-12-13-24(37-3)23(29)16-19/h7,9-10,12-13,16,18H,5-6,8,11,14-15,17H2,1-4H3,(H,30,34)/t18-/m1/s1. The summed E-state index contributed by atoms with van der Waals surface area (Å²) in [7, 11) is -2.20. The lowest BCUT2D eigenvalue weighted by Crippen LogP contribution is -2.48. The van der Waals surface area contributed by atoms with Gasteiger partial charge in [0, 0.05) is 41.7 Å². The molecule has 0 aliphatic carbocycles. The quantitative estimate of drug-likeness (QED) is 0.285. The number of methoxy groups -OCH3 is 1. The fraction of sp³-hybridized carbons (Fsp3) is 0.462. The van der Waals surface area contributed by atoms with Crippen LogP contribution in [0.5, 0.6) is 5.75 Å². The van der Waals surface area contributed by atoms with Gasteiger partial charge in [-0.2, -0.15) is 0 Å². The molecular formula is C26H34Cl3N3O5S. The van der Waals surface area contributed by atoms with Gasteiger partial charge in [0.2, 0.25) is 21.8 Å². The van der Waals surface area contributed by atoms with Crippen molar-refractivity contribution in [3.05, 3.63) is 57.0 Å². The minimum Gasteiger partial charge on any atom is -0.495 e. The van der Waals surface area contributed by atoms with Crippen molar-refractivity contribution in [1.82, 2.24) is 10.2 Å². The number of ether oxygens (including phenoxy) is 1. The summed E-state index contributed by atoms with van der Waals surface area (Å²) in [6.07, 6.45) is 3.01. The van der Waals surface area contributed by atoms with E-state index in [9.17, 15) is 18.0 Å². The van der Waals surface area contributed by atoms with Crippen LogP contribution in [0.3, 0.4) is 0 Å². The zero-order valence-corrected chi connectivity index (χ0v) is 25.1. The first-order chi connectivity index (χ1) is 17.9. The van der Waals surface area contributed by atoms with E-state index in [0.29, 0.717) is 33.6 Å². The lowest BCUT2D eigenvalue weighted by molar-refractivity contribution is -0.140. The Morgan fingerprint density at radius 3 is 2.26 bits per heavy atom. The number of anilines is 1. The number of amides is 2. The first-order valence-electron chi connectivity index (χ1n) is 12.2. The molecule has 1 atom stereocenters. The molecule has 210 valence electrons. The van der Waals surface area contributed by atoms with E-state index in [1.54, 1.807) is 37.3 Å². The third-order valence-electron chi connectivity index (χ3n) is 5.96. The molecule has 0 fully saturated rings. The number of nitrogens with one attached hydrogen (secondary N) is 1. The van der Waals surface area contributed by atoms with Gasteiger partial charge in [-0.25, -0.2) is 8.42 Å². The number of carbonyl (C=O) groups excluding carboxylic acids is 2. The Bertz CT molecular complexity index is 1210. The molecule has 1 N–H and O–H groups in total. The van der Waals surface area contributed by atoms with Gasteiger partial charge in [0.15, 0.2) is 0 Å². The van der Waals surface area contributed by atoms with E-state index in [-0.39, 0.29) is 42.8 Å². The molecule has 0 heterocycles. The van der Waals surface area contributed by atoms with Crippen LogP contribution in [0, 0.1) is 0 Å². The molecule has 0 bridgehead atoms. The molecule has 0 radical (unpaired) electrons. The van der Waals surface area contributed by atoms with Crippen molar-refractivity contribution < 1.29 is 22.7 Å². The molecule has 38 heavy (non-hydrogen) atoms. The Hall–Kier alpha value is -2.20. The van der Waals surface area contributed by atoms with Gasteiger partial charge in [-0.1, -0.05) is 54.2 Å². The molecule has 2 amide bonds. The largest absolute Gasteiger partial charge is 0.495 e. The molecule has 0 aliphatic rings. The number of halogens is 3. The van der Waals surface area contributed by atoms with Crippen molar-refractivity contribution in [2.24, 2.45) is 0 Å². The monoisotopic (exact) mass is 605 g/mol. The van der Waals surface area contributed by atoms with Gasteiger partial charge in [0.05, 0.1) is 24.1 Å². The van der Waals surface area contributed by atoms with Gasteiger partial charge < -0.3 is 15.0 Å². The van der Waals surface area contributed by atoms with E-state index in [2.05, 4.69) is 5.32 Å². The summed E-state index contributed by atoms with van der Waals surface area (Å²) in [4.78, 5) is 27.7. The highest BCUT2D eigenvalue weighted by Crippen LogP contribution is 2.31. The van der Waals surface area contributed by atoms with Gasteiger partial charge in [-0.3, -0.25) is 13.9 Å². The molecule has 2 rings (SSSR count). The van der Waals surface area contributed by atoms with Crippen LogP contribution < -0.4 is 14.4 Å². The van der Waals surface area contributed by atoms with Crippen molar-refractivity contribution in [2.75, 3.05) is 30.8 Å². The molecule has 0 saturated carbocycles. The SMILES string of the molecule is CCCCNC(=O)[C@@H](C)N(Cc1c(Cl)cccc1Cl)C(=O)CCCN(c1ccc(OC)c(Cl)c1)S(C)(=O)=O. The Kier molecular flexibility index (Phi) is 12.5. The Morgan fingerprint density at radius 1 is 1.05 bits per heavy atom. The molecule has 2 aromatic rings. The summed E-state index contributed by atoms with van der Waals surface area (Å²) in [6, 6.07) is 8.90. The van der Waals surface area contributed by atoms with E-state index in [0.717, 1.165) is 19.1 Å². The number of nitrogens with zero attached hydrogens (tertiary/aromatic N) is 2. The van der Waals surface area contributed by atoms with Gasteiger partial charge >= 0.3 is 0 Å². The predicted molar refractivity (Wildman–Crippen MR) is 154 cm³/mol. The van der Waals surface area contributed by atoms with Crippen LogP contribution in [-0.2, 0) is 26.2 Å². The highest BCUT2D eigenvalue weighted by atomic mass is 35.5. The summed E-state index contributed by atoms with van der Waals surface area (Å²) in [5.41, 5.74) is 0.886. The van der Waals surface area contributed by atoms with E-state index in [4.69, 9.17) is 39.5 Å². The van der Waals surface area contributed by atoms with Crippen molar-refractivity contribution in [3.8, 4) is 5.75 Å². The maximum atomic E-state index is 13.4. The number of rotatable bonds is 14. The van der Waals surface area contributed by atoms with E-state index >= 15 is 0 Å². The fourth-order valence-electron chi connectivity index (χ4n) is 3.79. The summed E-state index contributed by atoms with van der Waals surface area (Å²) < 4.78 is 31.4. The lowest BCUT2D eigenvalue weighted by atomic mass is 10.1. The maximum absolute atomic E-state index is 13.4. The molecule has 0 saturated heterocycles. The molecule has 8 nitrogen and oxygen atoms in total. The number of hydrogen-bond acceptors (Lipinski definition) is 5. The van der Waals surface area contributed by atoms with Crippen LogP contribution in [0.15, 0.2) is 36.4 Å². The van der Waals surface area contributed by atoms with Crippen molar-refractivity contribution in [1.29, 1.82) is 0 Å². The summed E-state index contributed by atoms with van der Waals surface area (Å²) in [6.45, 7) is 4.23. The third kappa shape index (κ3) is 8.93. The van der Waals surface area contributed by atoms with Gasteiger partial charge in [-0.05, 0) is 50.1 Å². The molecule has 0 aliphatic heterocycles. The van der Waals surface area contributed by atoms with Crippen LogP contribution in [0.2, 0.25) is 15.1 Å². The van der Waals surface area contributed by atoms with E-state index in [1.165, 1.54) is 22.4 Å². The van der Waals surface area contributed by atoms with Gasteiger partial charge in [0.25, 0.3) is 0 Å². The highest BCUT2D eigenvalue weighted by molar-refractivity contribution is 7.92. The number of unbranched alkanes of at least 4 members (excludes halogenated alkanes) is 1. The second-order valence-electron chi connectivity index (χ2n) is 8.80. The number of benzene rings is 2. The van der Waals surface area contributed by atoms with E-state index in [1.807, 2.05) is 6.92 Å². The first-order valence-corrected chi connectivity index (χ1v) is 15.2. The second kappa shape index (κ2) is 14.8. The zero-order chi connectivity index (χ0) is 28.5.